The number of carbonyl (C=O) groups excluding carboxylic acids is 2. The Labute approximate surface area is 215 Å². The number of benzene rings is 1. The van der Waals surface area contributed by atoms with Gasteiger partial charge in [-0.05, 0) is 30.4 Å². The van der Waals surface area contributed by atoms with Crippen molar-refractivity contribution in [3.63, 3.8) is 0 Å². The summed E-state index contributed by atoms with van der Waals surface area (Å²) in [7, 11) is 0. The third-order valence-electron chi connectivity index (χ3n) is 6.55. The summed E-state index contributed by atoms with van der Waals surface area (Å²) in [5, 5.41) is 16.2. The van der Waals surface area contributed by atoms with Crippen LogP contribution in [0.5, 0.6) is 0 Å². The smallest absolute Gasteiger partial charge is 0.298 e. The molecule has 4 rings (SSSR count). The number of likely N-dealkylation sites (tertiary alicyclic amines) is 1. The first-order valence-corrected chi connectivity index (χ1v) is 11.8. The Kier molecular flexibility index (Phi) is 8.11. The van der Waals surface area contributed by atoms with Gasteiger partial charge in [0.05, 0.1) is 18.3 Å². The van der Waals surface area contributed by atoms with Crippen molar-refractivity contribution in [1.29, 1.82) is 0 Å². The molecule has 2 aliphatic rings. The fourth-order valence-electron chi connectivity index (χ4n) is 4.44. The van der Waals surface area contributed by atoms with Gasteiger partial charge in [-0.2, -0.15) is 9.49 Å². The van der Waals surface area contributed by atoms with E-state index in [4.69, 9.17) is 11.7 Å². The molecule has 6 N–H and O–H groups in total. The van der Waals surface area contributed by atoms with Crippen molar-refractivity contribution in [2.45, 2.75) is 49.5 Å². The monoisotopic (exact) mass is 537 g/mol. The normalized spacial score (nSPS) is 22.4. The molecule has 1 saturated carbocycles. The van der Waals surface area contributed by atoms with Crippen molar-refractivity contribution in [1.82, 2.24) is 20.2 Å². The summed E-state index contributed by atoms with van der Waals surface area (Å²) in [5.74, 6) is 6.72. The van der Waals surface area contributed by atoms with Crippen LogP contribution in [0.2, 0.25) is 0 Å². The summed E-state index contributed by atoms with van der Waals surface area (Å²) < 4.78 is 55.3. The SMILES string of the molecule is N/N=C(/C(F)F)N(N)CC(=O)N1C[C@@H](F)[C@H](O)[C@H]1C(=O)N[C@@H](c1ccccc1)c1ccc(C2CC2)c(F)n1. The van der Waals surface area contributed by atoms with Gasteiger partial charge < -0.3 is 21.2 Å². The Balaban J connectivity index is 1.58. The molecule has 2 amide bonds. The quantitative estimate of drug-likeness (QED) is 0.0977. The van der Waals surface area contributed by atoms with E-state index in [1.165, 1.54) is 0 Å². The number of carbonyl (C=O) groups is 2. The maximum absolute atomic E-state index is 14.8. The predicted molar refractivity (Wildman–Crippen MR) is 128 cm³/mol. The number of aliphatic hydroxyl groups excluding tert-OH is 1. The van der Waals surface area contributed by atoms with Crippen molar-refractivity contribution in [2.24, 2.45) is 16.8 Å². The summed E-state index contributed by atoms with van der Waals surface area (Å²) >= 11 is 0. The van der Waals surface area contributed by atoms with Crippen molar-refractivity contribution in [3.8, 4) is 0 Å². The van der Waals surface area contributed by atoms with Crippen LogP contribution in [0, 0.1) is 5.95 Å². The van der Waals surface area contributed by atoms with Gasteiger partial charge in [-0.1, -0.05) is 36.4 Å². The molecule has 1 aliphatic heterocycles. The first-order valence-electron chi connectivity index (χ1n) is 11.8. The van der Waals surface area contributed by atoms with Crippen molar-refractivity contribution in [3.05, 3.63) is 65.2 Å². The minimum absolute atomic E-state index is 0.105. The summed E-state index contributed by atoms with van der Waals surface area (Å²) in [5.41, 5.74) is 1.15. The van der Waals surface area contributed by atoms with E-state index in [1.807, 2.05) is 0 Å². The zero-order valence-corrected chi connectivity index (χ0v) is 20.1. The summed E-state index contributed by atoms with van der Waals surface area (Å²) in [6, 6.07) is 8.89. The number of hydrazine groups is 1. The van der Waals surface area contributed by atoms with Gasteiger partial charge in [-0.15, -0.1) is 0 Å². The molecule has 38 heavy (non-hydrogen) atoms. The van der Waals surface area contributed by atoms with Gasteiger partial charge >= 0.3 is 0 Å². The Morgan fingerprint density at radius 3 is 2.47 bits per heavy atom. The average Bonchev–Trinajstić information content (AvgIpc) is 3.67. The molecule has 2 aromatic rings. The van der Waals surface area contributed by atoms with Crippen LogP contribution < -0.4 is 17.0 Å². The van der Waals surface area contributed by atoms with E-state index >= 15 is 0 Å². The van der Waals surface area contributed by atoms with Gasteiger partial charge in [-0.3, -0.25) is 14.6 Å². The number of hydrogen-bond acceptors (Lipinski definition) is 7. The van der Waals surface area contributed by atoms with E-state index < -0.39 is 67.5 Å². The van der Waals surface area contributed by atoms with Crippen LogP contribution in [0.4, 0.5) is 17.6 Å². The molecule has 2 fully saturated rings. The minimum atomic E-state index is -3.19. The van der Waals surface area contributed by atoms with Crippen LogP contribution in [0.3, 0.4) is 0 Å². The number of halogens is 4. The first-order chi connectivity index (χ1) is 18.1. The zero-order valence-electron chi connectivity index (χ0n) is 20.1. The molecule has 1 aromatic heterocycles. The van der Waals surface area contributed by atoms with Gasteiger partial charge in [0.25, 0.3) is 6.43 Å². The Morgan fingerprint density at radius 1 is 1.21 bits per heavy atom. The summed E-state index contributed by atoms with van der Waals surface area (Å²) in [6.45, 7) is -1.60. The van der Waals surface area contributed by atoms with Crippen LogP contribution in [-0.4, -0.2) is 75.5 Å². The summed E-state index contributed by atoms with van der Waals surface area (Å²) in [4.78, 5) is 30.9. The molecule has 10 nitrogen and oxygen atoms in total. The zero-order chi connectivity index (χ0) is 27.6. The van der Waals surface area contributed by atoms with Crippen LogP contribution in [0.1, 0.15) is 41.6 Å². The number of pyridine rings is 1. The molecule has 0 radical (unpaired) electrons. The van der Waals surface area contributed by atoms with E-state index in [2.05, 4.69) is 15.4 Å². The maximum Gasteiger partial charge on any atom is 0.298 e. The number of hydrazone groups is 1. The third kappa shape index (κ3) is 5.70. The number of aromatic nitrogens is 1. The Bertz CT molecular complexity index is 1200. The lowest BCUT2D eigenvalue weighted by Crippen LogP contribution is -2.55. The Morgan fingerprint density at radius 2 is 1.89 bits per heavy atom. The number of hydrogen-bond donors (Lipinski definition) is 4. The van der Waals surface area contributed by atoms with Gasteiger partial charge in [-0.25, -0.2) is 24.0 Å². The number of amides is 2. The van der Waals surface area contributed by atoms with E-state index in [9.17, 15) is 32.3 Å². The highest BCUT2D eigenvalue weighted by molar-refractivity contribution is 5.93. The molecule has 0 bridgehead atoms. The molecule has 2 heterocycles. The van der Waals surface area contributed by atoms with Gasteiger partial charge in [0.15, 0.2) is 0 Å². The lowest BCUT2D eigenvalue weighted by Gasteiger charge is -2.29. The highest BCUT2D eigenvalue weighted by atomic mass is 19.3. The lowest BCUT2D eigenvalue weighted by atomic mass is 10.0. The van der Waals surface area contributed by atoms with Crippen LogP contribution >= 0.6 is 0 Å². The second-order valence-electron chi connectivity index (χ2n) is 9.16. The third-order valence-corrected chi connectivity index (χ3v) is 6.55. The molecular weight excluding hydrogens is 510 g/mol. The highest BCUT2D eigenvalue weighted by Crippen LogP contribution is 2.41. The van der Waals surface area contributed by atoms with Crippen LogP contribution in [-0.2, 0) is 9.59 Å². The fourth-order valence-corrected chi connectivity index (χ4v) is 4.44. The fraction of sp³-hybridized carbons (Fsp3) is 0.417. The van der Waals surface area contributed by atoms with Gasteiger partial charge in [0.1, 0.15) is 24.9 Å². The van der Waals surface area contributed by atoms with Crippen molar-refractivity contribution >= 4 is 17.6 Å². The van der Waals surface area contributed by atoms with E-state index in [0.29, 0.717) is 16.0 Å². The predicted octanol–water partition coefficient (Wildman–Crippen LogP) is 0.927. The lowest BCUT2D eigenvalue weighted by molar-refractivity contribution is -0.141. The number of alkyl halides is 3. The number of nitrogens with two attached hydrogens (primary N) is 2. The first kappa shape index (κ1) is 27.3. The number of amidine groups is 1. The van der Waals surface area contributed by atoms with Crippen molar-refractivity contribution in [2.75, 3.05) is 13.1 Å². The minimum Gasteiger partial charge on any atom is -0.387 e. The molecule has 0 unspecified atom stereocenters. The topological polar surface area (TPSA) is 150 Å². The summed E-state index contributed by atoms with van der Waals surface area (Å²) in [6.07, 6.45) is -5.38. The molecule has 1 aromatic carbocycles. The number of aliphatic hydroxyl groups is 1. The molecule has 204 valence electrons. The molecule has 1 saturated heterocycles. The second kappa shape index (κ2) is 11.3. The highest BCUT2D eigenvalue weighted by Gasteiger charge is 2.48. The Hall–Kier alpha value is -3.78. The standard InChI is InChI=1S/C24H27F4N7O3/c25-15-10-34(17(36)11-35(30)23(33-29)21(26)27)19(20(15)37)24(38)32-18(13-4-2-1-3-5-13)16-9-8-14(12-6-7-12)22(28)31-16/h1-5,8-9,12,15,18-21,37H,6-7,10-11,29-30H2,(H,32,38)/b33-23-/t15-,18+,19+,20+/m1/s1. The molecular formula is C24H27F4N7O3. The second-order valence-corrected chi connectivity index (χ2v) is 9.16. The average molecular weight is 538 g/mol. The van der Waals surface area contributed by atoms with Crippen molar-refractivity contribution < 1.29 is 32.3 Å². The van der Waals surface area contributed by atoms with Crippen LogP contribution in [0.15, 0.2) is 47.6 Å². The van der Waals surface area contributed by atoms with Gasteiger partial charge in [0, 0.05) is 5.56 Å². The molecule has 0 spiro atoms. The van der Waals surface area contributed by atoms with E-state index in [-0.39, 0.29) is 16.6 Å². The van der Waals surface area contributed by atoms with Crippen LogP contribution in [0.25, 0.3) is 0 Å². The van der Waals surface area contributed by atoms with Gasteiger partial charge in [0.2, 0.25) is 23.6 Å². The molecule has 1 aliphatic carbocycles. The maximum atomic E-state index is 14.8. The molecule has 14 heteroatoms. The number of rotatable bonds is 8. The molecule has 4 atom stereocenters. The number of nitrogens with zero attached hydrogens (tertiary/aromatic N) is 4. The van der Waals surface area contributed by atoms with E-state index in [0.717, 1.165) is 12.8 Å². The van der Waals surface area contributed by atoms with E-state index in [1.54, 1.807) is 42.5 Å². The number of nitrogens with one attached hydrogen (secondary N) is 1. The largest absolute Gasteiger partial charge is 0.387 e.